The predicted molar refractivity (Wildman–Crippen MR) is 103 cm³/mol. The fraction of sp³-hybridized carbons (Fsp3) is 0.667. The second kappa shape index (κ2) is 6.59. The minimum atomic E-state index is -1.84. The van der Waals surface area contributed by atoms with E-state index >= 15 is 0 Å². The molecule has 0 radical (unpaired) electrons. The van der Waals surface area contributed by atoms with E-state index < -0.39 is 15.5 Å². The van der Waals surface area contributed by atoms with E-state index in [1.807, 2.05) is 0 Å². The predicted octanol–water partition coefficient (Wildman–Crippen LogP) is 3.58. The summed E-state index contributed by atoms with van der Waals surface area (Å²) in [6, 6.07) is 12.7. The molecule has 1 heterocycles. The van der Waals surface area contributed by atoms with Crippen LogP contribution >= 0.6 is 0 Å². The van der Waals surface area contributed by atoms with Crippen LogP contribution in [-0.2, 0) is 0 Å². The van der Waals surface area contributed by atoms with Gasteiger partial charge in [0.1, 0.15) is 0 Å². The van der Waals surface area contributed by atoms with Gasteiger partial charge in [0.15, 0.2) is 0 Å². The van der Waals surface area contributed by atoms with Gasteiger partial charge in [0.25, 0.3) is 0 Å². The Morgan fingerprint density at radius 1 is 0.864 bits per heavy atom. The minimum absolute atomic E-state index is 0.625. The SMILES string of the molecule is CC(C)N1CCCN(C(C)C)[Si]1(c1ccccc1)[Si](C)(C)C. The summed E-state index contributed by atoms with van der Waals surface area (Å²) in [4.78, 5) is 0. The molecule has 1 fully saturated rings. The van der Waals surface area contributed by atoms with Crippen molar-refractivity contribution in [2.45, 2.75) is 65.8 Å². The van der Waals surface area contributed by atoms with Crippen LogP contribution in [0.4, 0.5) is 0 Å². The van der Waals surface area contributed by atoms with Crippen LogP contribution in [0.15, 0.2) is 30.3 Å². The van der Waals surface area contributed by atoms with Crippen LogP contribution in [0.5, 0.6) is 0 Å². The van der Waals surface area contributed by atoms with Crippen molar-refractivity contribution in [1.82, 2.24) is 9.13 Å². The van der Waals surface area contributed by atoms with E-state index in [0.29, 0.717) is 12.1 Å². The smallest absolute Gasteiger partial charge is 0.223 e. The molecular weight excluding hydrogens is 300 g/mol. The van der Waals surface area contributed by atoms with Crippen LogP contribution in [0.3, 0.4) is 0 Å². The third-order valence-corrected chi connectivity index (χ3v) is 20.3. The summed E-state index contributed by atoms with van der Waals surface area (Å²) in [5.41, 5.74) is 0. The number of benzene rings is 1. The van der Waals surface area contributed by atoms with Crippen molar-refractivity contribution in [3.8, 4) is 0 Å². The summed E-state index contributed by atoms with van der Waals surface area (Å²) in [7, 11) is -3.25. The highest BCUT2D eigenvalue weighted by Crippen LogP contribution is 2.33. The average Bonchev–Trinajstić information content (AvgIpc) is 2.45. The van der Waals surface area contributed by atoms with E-state index in [2.05, 4.69) is 86.8 Å². The molecule has 2 rings (SSSR count). The maximum Gasteiger partial charge on any atom is 0.223 e. The first-order valence-electron chi connectivity index (χ1n) is 8.82. The molecule has 0 spiro atoms. The molecule has 0 aliphatic carbocycles. The summed E-state index contributed by atoms with van der Waals surface area (Å²) >= 11 is 0. The molecule has 1 aromatic rings. The summed E-state index contributed by atoms with van der Waals surface area (Å²) in [5, 5.41) is 1.64. The molecule has 0 bridgehead atoms. The van der Waals surface area contributed by atoms with Crippen molar-refractivity contribution in [3.05, 3.63) is 30.3 Å². The molecule has 0 saturated carbocycles. The van der Waals surface area contributed by atoms with Gasteiger partial charge in [-0.05, 0) is 36.8 Å². The highest BCUT2D eigenvalue weighted by Gasteiger charge is 2.58. The standard InChI is InChI=1S/C18H34N2Si2/c1-16(2)19-14-11-15-20(17(3)4)22(19,21(5,6)7)18-12-9-8-10-13-18/h8-10,12-13,16-17H,11,14-15H2,1-7H3. The molecule has 1 saturated heterocycles. The van der Waals surface area contributed by atoms with Gasteiger partial charge in [0.2, 0.25) is 7.91 Å². The minimum Gasteiger partial charge on any atom is -0.308 e. The van der Waals surface area contributed by atoms with Crippen molar-refractivity contribution >= 4 is 20.7 Å². The molecule has 0 amide bonds. The monoisotopic (exact) mass is 334 g/mol. The van der Waals surface area contributed by atoms with Crippen LogP contribution in [-0.4, -0.2) is 49.8 Å². The zero-order chi connectivity index (χ0) is 16.5. The first-order chi connectivity index (χ1) is 10.2. The van der Waals surface area contributed by atoms with Crippen molar-refractivity contribution in [2.75, 3.05) is 13.1 Å². The lowest BCUT2D eigenvalue weighted by molar-refractivity contribution is 0.223. The van der Waals surface area contributed by atoms with Crippen LogP contribution < -0.4 is 5.19 Å². The highest BCUT2D eigenvalue weighted by molar-refractivity contribution is 7.43. The second-order valence-corrected chi connectivity index (χ2v) is 22.4. The first kappa shape index (κ1) is 17.9. The molecule has 1 aliphatic heterocycles. The van der Waals surface area contributed by atoms with Gasteiger partial charge in [-0.15, -0.1) is 0 Å². The fourth-order valence-electron chi connectivity index (χ4n) is 4.46. The maximum atomic E-state index is 2.93. The molecule has 2 nitrogen and oxygen atoms in total. The van der Waals surface area contributed by atoms with E-state index in [4.69, 9.17) is 0 Å². The van der Waals surface area contributed by atoms with Gasteiger partial charge in [0, 0.05) is 0 Å². The van der Waals surface area contributed by atoms with Gasteiger partial charge >= 0.3 is 0 Å². The summed E-state index contributed by atoms with van der Waals surface area (Å²) in [6.45, 7) is 19.9. The molecule has 4 heteroatoms. The van der Waals surface area contributed by atoms with Crippen molar-refractivity contribution in [1.29, 1.82) is 0 Å². The molecule has 0 aromatic heterocycles. The molecule has 0 N–H and O–H groups in total. The Balaban J connectivity index is 2.73. The molecule has 1 aromatic carbocycles. The molecular formula is C18H34N2Si2. The Kier molecular flexibility index (Phi) is 5.37. The van der Waals surface area contributed by atoms with E-state index in [0.717, 1.165) is 0 Å². The fourth-order valence-corrected chi connectivity index (χ4v) is 21.6. The zero-order valence-corrected chi connectivity index (χ0v) is 17.6. The van der Waals surface area contributed by atoms with Crippen LogP contribution in [0.25, 0.3) is 0 Å². The Morgan fingerprint density at radius 2 is 1.32 bits per heavy atom. The number of rotatable bonds is 4. The molecule has 22 heavy (non-hydrogen) atoms. The Labute approximate surface area is 139 Å². The normalized spacial score (nSPS) is 20.8. The molecule has 0 unspecified atom stereocenters. The highest BCUT2D eigenvalue weighted by atomic mass is 29.3. The van der Waals surface area contributed by atoms with Gasteiger partial charge in [0.05, 0.1) is 7.59 Å². The van der Waals surface area contributed by atoms with Gasteiger partial charge < -0.3 is 9.13 Å². The van der Waals surface area contributed by atoms with E-state index in [9.17, 15) is 0 Å². The van der Waals surface area contributed by atoms with Gasteiger partial charge in [-0.3, -0.25) is 0 Å². The Morgan fingerprint density at radius 3 is 1.68 bits per heavy atom. The summed E-state index contributed by atoms with van der Waals surface area (Å²) in [6.07, 6.45) is 1.31. The van der Waals surface area contributed by atoms with Crippen molar-refractivity contribution in [2.24, 2.45) is 0 Å². The molecule has 0 atom stereocenters. The third kappa shape index (κ3) is 2.86. The van der Waals surface area contributed by atoms with Crippen LogP contribution in [0, 0.1) is 0 Å². The number of hydrogen-bond donors (Lipinski definition) is 0. The van der Waals surface area contributed by atoms with Crippen LogP contribution in [0.1, 0.15) is 34.1 Å². The quantitative estimate of drug-likeness (QED) is 0.777. The van der Waals surface area contributed by atoms with Gasteiger partial charge in [-0.25, -0.2) is 0 Å². The lowest BCUT2D eigenvalue weighted by Crippen LogP contribution is -2.87. The van der Waals surface area contributed by atoms with E-state index in [-0.39, 0.29) is 0 Å². The van der Waals surface area contributed by atoms with E-state index in [1.54, 1.807) is 5.19 Å². The topological polar surface area (TPSA) is 6.48 Å². The second-order valence-electron chi connectivity index (χ2n) is 8.22. The maximum absolute atomic E-state index is 2.93. The Bertz CT molecular complexity index is 464. The Hall–Kier alpha value is -0.426. The third-order valence-electron chi connectivity index (χ3n) is 5.10. The summed E-state index contributed by atoms with van der Waals surface area (Å²) < 4.78 is 5.86. The van der Waals surface area contributed by atoms with E-state index in [1.165, 1.54) is 19.5 Å². The van der Waals surface area contributed by atoms with Crippen molar-refractivity contribution < 1.29 is 0 Å². The lowest BCUT2D eigenvalue weighted by atomic mass is 10.3. The lowest BCUT2D eigenvalue weighted by Gasteiger charge is -2.61. The molecule has 1 aliphatic rings. The van der Waals surface area contributed by atoms with Crippen molar-refractivity contribution in [3.63, 3.8) is 0 Å². The largest absolute Gasteiger partial charge is 0.308 e. The number of hydrogen-bond acceptors (Lipinski definition) is 2. The van der Waals surface area contributed by atoms with Crippen LogP contribution in [0.2, 0.25) is 19.6 Å². The average molecular weight is 335 g/mol. The number of nitrogens with zero attached hydrogens (tertiary/aromatic N) is 2. The van der Waals surface area contributed by atoms with Gasteiger partial charge in [-0.1, -0.05) is 77.7 Å². The zero-order valence-electron chi connectivity index (χ0n) is 15.6. The van der Waals surface area contributed by atoms with Gasteiger partial charge in [-0.2, -0.15) is 0 Å². The first-order valence-corrected chi connectivity index (χ1v) is 15.2. The summed E-state index contributed by atoms with van der Waals surface area (Å²) in [5.74, 6) is 0. The molecule has 124 valence electrons.